The third-order valence-electron chi connectivity index (χ3n) is 3.23. The first-order valence-electron chi connectivity index (χ1n) is 5.35. The van der Waals surface area contributed by atoms with Gasteiger partial charge in [0.2, 0.25) is 0 Å². The van der Waals surface area contributed by atoms with Gasteiger partial charge in [0.25, 0.3) is 0 Å². The van der Waals surface area contributed by atoms with Crippen LogP contribution in [0.4, 0.5) is 0 Å². The Morgan fingerprint density at radius 3 is 2.92 bits per heavy atom. The maximum atomic E-state index is 5.40. The van der Waals surface area contributed by atoms with Crippen LogP contribution in [0.3, 0.4) is 0 Å². The van der Waals surface area contributed by atoms with Gasteiger partial charge in [0.05, 0.1) is 13.2 Å². The summed E-state index contributed by atoms with van der Waals surface area (Å²) in [5.74, 6) is 0. The molecule has 2 aliphatic rings. The summed E-state index contributed by atoms with van der Waals surface area (Å²) in [6.45, 7) is 6.11. The Bertz CT molecular complexity index is 162. The number of ether oxygens (including phenoxy) is 1. The van der Waals surface area contributed by atoms with Crippen LogP contribution in [0.2, 0.25) is 0 Å². The van der Waals surface area contributed by atoms with Gasteiger partial charge in [-0.05, 0) is 26.2 Å². The zero-order chi connectivity index (χ0) is 9.15. The van der Waals surface area contributed by atoms with Crippen molar-refractivity contribution in [2.45, 2.75) is 37.8 Å². The third kappa shape index (κ3) is 2.42. The fourth-order valence-corrected chi connectivity index (χ4v) is 2.00. The molecule has 2 N–H and O–H groups in total. The van der Waals surface area contributed by atoms with Gasteiger partial charge in [-0.25, -0.2) is 0 Å². The summed E-state index contributed by atoms with van der Waals surface area (Å²) in [6.07, 6.45) is 4.05. The molecular formula is C10H20N2O. The predicted octanol–water partition coefficient (Wildman–Crippen LogP) is 0.507. The molecule has 3 nitrogen and oxygen atoms in total. The highest BCUT2D eigenvalue weighted by atomic mass is 16.5. The van der Waals surface area contributed by atoms with Crippen LogP contribution < -0.4 is 10.6 Å². The lowest BCUT2D eigenvalue weighted by atomic mass is 9.78. The summed E-state index contributed by atoms with van der Waals surface area (Å²) in [4.78, 5) is 0. The molecule has 2 fully saturated rings. The lowest BCUT2D eigenvalue weighted by molar-refractivity contribution is 0.0703. The standard InChI is InChI=1S/C10H20N2O/c1-10(3-2-4-10)12-7-9-8-13-6-5-11-9/h9,11-12H,2-8H2,1H3. The van der Waals surface area contributed by atoms with E-state index in [-0.39, 0.29) is 0 Å². The fraction of sp³-hybridized carbons (Fsp3) is 1.00. The molecule has 1 heterocycles. The zero-order valence-electron chi connectivity index (χ0n) is 8.44. The van der Waals surface area contributed by atoms with E-state index in [1.54, 1.807) is 0 Å². The average molecular weight is 184 g/mol. The molecule has 0 aromatic rings. The van der Waals surface area contributed by atoms with Crippen molar-refractivity contribution in [3.05, 3.63) is 0 Å². The van der Waals surface area contributed by atoms with Gasteiger partial charge in [0, 0.05) is 24.7 Å². The fourth-order valence-electron chi connectivity index (χ4n) is 2.00. The first-order chi connectivity index (χ1) is 6.29. The molecule has 1 saturated carbocycles. The molecule has 2 rings (SSSR count). The quantitative estimate of drug-likeness (QED) is 0.670. The van der Waals surface area contributed by atoms with E-state index in [2.05, 4.69) is 17.6 Å². The van der Waals surface area contributed by atoms with E-state index >= 15 is 0 Å². The van der Waals surface area contributed by atoms with Gasteiger partial charge < -0.3 is 15.4 Å². The number of rotatable bonds is 3. The number of morpholine rings is 1. The highest BCUT2D eigenvalue weighted by molar-refractivity contribution is 4.92. The summed E-state index contributed by atoms with van der Waals surface area (Å²) in [5.41, 5.74) is 0.430. The Morgan fingerprint density at radius 2 is 2.38 bits per heavy atom. The van der Waals surface area contributed by atoms with Gasteiger partial charge in [-0.1, -0.05) is 0 Å². The van der Waals surface area contributed by atoms with Gasteiger partial charge >= 0.3 is 0 Å². The van der Waals surface area contributed by atoms with Gasteiger partial charge in [0.1, 0.15) is 0 Å². The minimum absolute atomic E-state index is 0.430. The van der Waals surface area contributed by atoms with Crippen LogP contribution in [0.15, 0.2) is 0 Å². The molecule has 0 bridgehead atoms. The molecular weight excluding hydrogens is 164 g/mol. The van der Waals surface area contributed by atoms with E-state index in [4.69, 9.17) is 4.74 Å². The van der Waals surface area contributed by atoms with Gasteiger partial charge in [-0.3, -0.25) is 0 Å². The van der Waals surface area contributed by atoms with Crippen LogP contribution >= 0.6 is 0 Å². The van der Waals surface area contributed by atoms with E-state index in [0.717, 1.165) is 26.3 Å². The average Bonchev–Trinajstić information content (AvgIpc) is 2.13. The smallest absolute Gasteiger partial charge is 0.0632 e. The number of hydrogen-bond acceptors (Lipinski definition) is 3. The minimum atomic E-state index is 0.430. The second-order valence-electron chi connectivity index (χ2n) is 4.52. The normalized spacial score (nSPS) is 32.5. The Hall–Kier alpha value is -0.120. The molecule has 0 aromatic carbocycles. The SMILES string of the molecule is CC1(NCC2COCCN2)CCC1. The van der Waals surface area contributed by atoms with Crippen LogP contribution in [0.25, 0.3) is 0 Å². The van der Waals surface area contributed by atoms with Crippen molar-refractivity contribution in [1.82, 2.24) is 10.6 Å². The first-order valence-corrected chi connectivity index (χ1v) is 5.35. The van der Waals surface area contributed by atoms with Crippen LogP contribution in [-0.2, 0) is 4.74 Å². The molecule has 0 spiro atoms. The summed E-state index contributed by atoms with van der Waals surface area (Å²) in [7, 11) is 0. The third-order valence-corrected chi connectivity index (χ3v) is 3.23. The molecule has 76 valence electrons. The largest absolute Gasteiger partial charge is 0.378 e. The summed E-state index contributed by atoms with van der Waals surface area (Å²) in [5, 5.41) is 7.08. The van der Waals surface area contributed by atoms with E-state index in [9.17, 15) is 0 Å². The molecule has 0 radical (unpaired) electrons. The zero-order valence-corrected chi connectivity index (χ0v) is 8.44. The lowest BCUT2D eigenvalue weighted by Crippen LogP contribution is -2.55. The van der Waals surface area contributed by atoms with Gasteiger partial charge in [-0.15, -0.1) is 0 Å². The summed E-state index contributed by atoms with van der Waals surface area (Å²) < 4.78 is 5.40. The van der Waals surface area contributed by atoms with Crippen molar-refractivity contribution in [2.75, 3.05) is 26.3 Å². The molecule has 1 unspecified atom stereocenters. The Labute approximate surface area is 80.2 Å². The van der Waals surface area contributed by atoms with E-state index in [0.29, 0.717) is 11.6 Å². The van der Waals surface area contributed by atoms with Crippen molar-refractivity contribution in [2.24, 2.45) is 0 Å². The Morgan fingerprint density at radius 1 is 1.54 bits per heavy atom. The Kier molecular flexibility index (Phi) is 2.86. The first kappa shape index (κ1) is 9.44. The van der Waals surface area contributed by atoms with E-state index in [1.807, 2.05) is 0 Å². The van der Waals surface area contributed by atoms with Gasteiger partial charge in [-0.2, -0.15) is 0 Å². The maximum Gasteiger partial charge on any atom is 0.0632 e. The van der Waals surface area contributed by atoms with Crippen molar-refractivity contribution >= 4 is 0 Å². The van der Waals surface area contributed by atoms with Gasteiger partial charge in [0.15, 0.2) is 0 Å². The minimum Gasteiger partial charge on any atom is -0.378 e. The molecule has 13 heavy (non-hydrogen) atoms. The van der Waals surface area contributed by atoms with E-state index in [1.165, 1.54) is 19.3 Å². The number of nitrogens with one attached hydrogen (secondary N) is 2. The summed E-state index contributed by atoms with van der Waals surface area (Å²) in [6, 6.07) is 0.520. The molecule has 1 atom stereocenters. The monoisotopic (exact) mass is 184 g/mol. The molecule has 1 aliphatic carbocycles. The highest BCUT2D eigenvalue weighted by Gasteiger charge is 2.31. The highest BCUT2D eigenvalue weighted by Crippen LogP contribution is 2.30. The van der Waals surface area contributed by atoms with Crippen LogP contribution in [-0.4, -0.2) is 37.9 Å². The Balaban J connectivity index is 1.66. The lowest BCUT2D eigenvalue weighted by Gasteiger charge is -2.41. The van der Waals surface area contributed by atoms with Crippen LogP contribution in [0, 0.1) is 0 Å². The van der Waals surface area contributed by atoms with E-state index < -0.39 is 0 Å². The van der Waals surface area contributed by atoms with Crippen molar-refractivity contribution in [3.8, 4) is 0 Å². The molecule has 1 aliphatic heterocycles. The molecule has 0 amide bonds. The molecule has 1 saturated heterocycles. The molecule has 0 aromatic heterocycles. The topological polar surface area (TPSA) is 33.3 Å². The van der Waals surface area contributed by atoms with Crippen molar-refractivity contribution < 1.29 is 4.74 Å². The second kappa shape index (κ2) is 3.95. The van der Waals surface area contributed by atoms with Crippen molar-refractivity contribution in [1.29, 1.82) is 0 Å². The summed E-state index contributed by atoms with van der Waals surface area (Å²) >= 11 is 0. The number of hydrogen-bond donors (Lipinski definition) is 2. The van der Waals surface area contributed by atoms with Crippen LogP contribution in [0.1, 0.15) is 26.2 Å². The molecule has 3 heteroatoms. The second-order valence-corrected chi connectivity index (χ2v) is 4.52. The maximum absolute atomic E-state index is 5.40. The predicted molar refractivity (Wildman–Crippen MR) is 52.9 cm³/mol. The van der Waals surface area contributed by atoms with Crippen LogP contribution in [0.5, 0.6) is 0 Å². The van der Waals surface area contributed by atoms with Crippen molar-refractivity contribution in [3.63, 3.8) is 0 Å².